The van der Waals surface area contributed by atoms with Crippen LogP contribution in [0.4, 0.5) is 0 Å². The number of thiophene rings is 1. The molecule has 24 heavy (non-hydrogen) atoms. The van der Waals surface area contributed by atoms with Crippen molar-refractivity contribution in [3.63, 3.8) is 0 Å². The van der Waals surface area contributed by atoms with Gasteiger partial charge in [0.2, 0.25) is 5.91 Å². The molecular formula is C17H17ClN4OS. The molecule has 0 spiro atoms. The summed E-state index contributed by atoms with van der Waals surface area (Å²) in [5.74, 6) is 0.766. The average molecular weight is 361 g/mol. The first-order chi connectivity index (χ1) is 11.7. The Kier molecular flexibility index (Phi) is 4.15. The summed E-state index contributed by atoms with van der Waals surface area (Å²) in [4.78, 5) is 24.7. The summed E-state index contributed by atoms with van der Waals surface area (Å²) >= 11 is 7.95. The average Bonchev–Trinajstić information content (AvgIpc) is 2.90. The van der Waals surface area contributed by atoms with Gasteiger partial charge in [-0.15, -0.1) is 11.3 Å². The quantitative estimate of drug-likeness (QED) is 0.788. The minimum atomic E-state index is 0.0376. The summed E-state index contributed by atoms with van der Waals surface area (Å²) in [6, 6.07) is 2.21. The standard InChI is InChI=1S/C17H17ClN4OS/c18-16-15-12-3-1-10(5-13(12)24-17(15)21-9-20-16)2-4-14(23)22-7-11(6-19)8-22/h9-11H,1-5,7-8H2. The molecule has 124 valence electrons. The Morgan fingerprint density at radius 3 is 3.08 bits per heavy atom. The van der Waals surface area contributed by atoms with Crippen molar-refractivity contribution < 1.29 is 4.79 Å². The van der Waals surface area contributed by atoms with Gasteiger partial charge >= 0.3 is 0 Å². The van der Waals surface area contributed by atoms with E-state index in [0.717, 1.165) is 35.9 Å². The Balaban J connectivity index is 1.39. The van der Waals surface area contributed by atoms with Crippen LogP contribution in [0.15, 0.2) is 6.33 Å². The van der Waals surface area contributed by atoms with E-state index in [1.54, 1.807) is 16.2 Å². The number of likely N-dealkylation sites (tertiary alicyclic amines) is 1. The summed E-state index contributed by atoms with van der Waals surface area (Å²) in [5, 5.41) is 10.4. The number of nitrogens with zero attached hydrogens (tertiary/aromatic N) is 4. The smallest absolute Gasteiger partial charge is 0.222 e. The van der Waals surface area contributed by atoms with Gasteiger partial charge in [-0.1, -0.05) is 11.6 Å². The first-order valence-corrected chi connectivity index (χ1v) is 9.43. The molecule has 0 radical (unpaired) electrons. The number of rotatable bonds is 3. The predicted molar refractivity (Wildman–Crippen MR) is 92.9 cm³/mol. The van der Waals surface area contributed by atoms with Crippen molar-refractivity contribution in [1.29, 1.82) is 5.26 Å². The van der Waals surface area contributed by atoms with Crippen molar-refractivity contribution in [3.05, 3.63) is 21.9 Å². The molecule has 2 aromatic rings. The molecule has 1 fully saturated rings. The topological polar surface area (TPSA) is 69.9 Å². The second kappa shape index (κ2) is 6.30. The van der Waals surface area contributed by atoms with Gasteiger partial charge in [0.15, 0.2) is 0 Å². The van der Waals surface area contributed by atoms with Crippen molar-refractivity contribution in [2.24, 2.45) is 11.8 Å². The minimum Gasteiger partial charge on any atom is -0.340 e. The lowest BCUT2D eigenvalue weighted by Gasteiger charge is -2.35. The summed E-state index contributed by atoms with van der Waals surface area (Å²) < 4.78 is 0. The molecule has 1 saturated heterocycles. The van der Waals surface area contributed by atoms with Gasteiger partial charge in [-0.3, -0.25) is 4.79 Å². The van der Waals surface area contributed by atoms with Crippen molar-refractivity contribution >= 4 is 39.1 Å². The number of aromatic nitrogens is 2. The van der Waals surface area contributed by atoms with Crippen LogP contribution in [-0.4, -0.2) is 33.9 Å². The van der Waals surface area contributed by atoms with Crippen LogP contribution < -0.4 is 0 Å². The Labute approximate surface area is 149 Å². The predicted octanol–water partition coefficient (Wildman–Crippen LogP) is 3.21. The SMILES string of the molecule is N#CC1CN(C(=O)CCC2CCc3c(sc4ncnc(Cl)c34)C2)C1. The van der Waals surface area contributed by atoms with E-state index in [1.165, 1.54) is 16.8 Å². The van der Waals surface area contributed by atoms with Gasteiger partial charge in [0.05, 0.1) is 17.4 Å². The largest absolute Gasteiger partial charge is 0.340 e. The molecular weight excluding hydrogens is 344 g/mol. The van der Waals surface area contributed by atoms with E-state index in [2.05, 4.69) is 16.0 Å². The number of carbonyl (C=O) groups excluding carboxylic acids is 1. The lowest BCUT2D eigenvalue weighted by Crippen LogP contribution is -2.49. The van der Waals surface area contributed by atoms with Crippen molar-refractivity contribution in [3.8, 4) is 6.07 Å². The van der Waals surface area contributed by atoms with Crippen LogP contribution >= 0.6 is 22.9 Å². The van der Waals surface area contributed by atoms with E-state index in [9.17, 15) is 4.79 Å². The lowest BCUT2D eigenvalue weighted by atomic mass is 9.85. The van der Waals surface area contributed by atoms with E-state index < -0.39 is 0 Å². The fourth-order valence-electron chi connectivity index (χ4n) is 3.64. The first-order valence-electron chi connectivity index (χ1n) is 8.24. The maximum atomic E-state index is 12.1. The molecule has 1 unspecified atom stereocenters. The zero-order valence-corrected chi connectivity index (χ0v) is 14.7. The normalized spacial score (nSPS) is 20.5. The van der Waals surface area contributed by atoms with Crippen LogP contribution in [-0.2, 0) is 17.6 Å². The van der Waals surface area contributed by atoms with Crippen LogP contribution in [0.25, 0.3) is 10.2 Å². The molecule has 0 N–H and O–H groups in total. The number of hydrogen-bond acceptors (Lipinski definition) is 5. The fraction of sp³-hybridized carbons (Fsp3) is 0.529. The zero-order chi connectivity index (χ0) is 16.7. The number of hydrogen-bond donors (Lipinski definition) is 0. The molecule has 2 aliphatic rings. The number of fused-ring (bicyclic) bond motifs is 3. The molecule has 0 saturated carbocycles. The summed E-state index contributed by atoms with van der Waals surface area (Å²) in [5.41, 5.74) is 1.31. The molecule has 7 heteroatoms. The Hall–Kier alpha value is -1.71. The molecule has 3 heterocycles. The van der Waals surface area contributed by atoms with Gasteiger partial charge in [-0.05, 0) is 37.2 Å². The maximum Gasteiger partial charge on any atom is 0.222 e. The van der Waals surface area contributed by atoms with Crippen molar-refractivity contribution in [1.82, 2.24) is 14.9 Å². The molecule has 1 aliphatic carbocycles. The molecule has 0 aromatic carbocycles. The van der Waals surface area contributed by atoms with Crippen LogP contribution in [0.5, 0.6) is 0 Å². The molecule has 1 aliphatic heterocycles. The second-order valence-electron chi connectivity index (χ2n) is 6.62. The van der Waals surface area contributed by atoms with Crippen LogP contribution in [0.3, 0.4) is 0 Å². The van der Waals surface area contributed by atoms with Crippen LogP contribution in [0, 0.1) is 23.2 Å². The van der Waals surface area contributed by atoms with Gasteiger partial charge in [-0.25, -0.2) is 9.97 Å². The number of carbonyl (C=O) groups is 1. The molecule has 0 bridgehead atoms. The monoisotopic (exact) mass is 360 g/mol. The fourth-order valence-corrected chi connectivity index (χ4v) is 5.24. The Morgan fingerprint density at radius 2 is 2.29 bits per heavy atom. The van der Waals surface area contributed by atoms with Gasteiger partial charge in [0.1, 0.15) is 16.3 Å². The van der Waals surface area contributed by atoms with Crippen LogP contribution in [0.1, 0.15) is 29.7 Å². The van der Waals surface area contributed by atoms with E-state index in [4.69, 9.17) is 16.9 Å². The molecule has 5 nitrogen and oxygen atoms in total. The third-order valence-corrected chi connectivity index (χ3v) is 6.53. The second-order valence-corrected chi connectivity index (χ2v) is 8.06. The van der Waals surface area contributed by atoms with Crippen LogP contribution in [0.2, 0.25) is 5.15 Å². The molecule has 1 atom stereocenters. The minimum absolute atomic E-state index is 0.0376. The molecule has 1 amide bonds. The maximum absolute atomic E-state index is 12.1. The van der Waals surface area contributed by atoms with E-state index in [-0.39, 0.29) is 11.8 Å². The highest BCUT2D eigenvalue weighted by molar-refractivity contribution is 7.19. The van der Waals surface area contributed by atoms with E-state index in [0.29, 0.717) is 30.6 Å². The zero-order valence-electron chi connectivity index (χ0n) is 13.2. The van der Waals surface area contributed by atoms with Gasteiger partial charge in [0, 0.05) is 24.4 Å². The van der Waals surface area contributed by atoms with Crippen molar-refractivity contribution in [2.45, 2.75) is 32.1 Å². The van der Waals surface area contributed by atoms with Crippen molar-refractivity contribution in [2.75, 3.05) is 13.1 Å². The molecule has 2 aromatic heterocycles. The van der Waals surface area contributed by atoms with E-state index >= 15 is 0 Å². The van der Waals surface area contributed by atoms with Gasteiger partial charge in [-0.2, -0.15) is 5.26 Å². The first kappa shape index (κ1) is 15.8. The van der Waals surface area contributed by atoms with Gasteiger partial charge < -0.3 is 4.90 Å². The molecule has 4 rings (SSSR count). The highest BCUT2D eigenvalue weighted by Crippen LogP contribution is 2.40. The van der Waals surface area contributed by atoms with Gasteiger partial charge in [0.25, 0.3) is 0 Å². The highest BCUT2D eigenvalue weighted by atomic mass is 35.5. The summed E-state index contributed by atoms with van der Waals surface area (Å²) in [6.45, 7) is 1.22. The number of amides is 1. The number of aryl methyl sites for hydroxylation is 1. The highest BCUT2D eigenvalue weighted by Gasteiger charge is 2.31. The third-order valence-electron chi connectivity index (χ3n) is 5.08. The number of nitriles is 1. The Bertz CT molecular complexity index is 837. The van der Waals surface area contributed by atoms with E-state index in [1.807, 2.05) is 0 Å². The Morgan fingerprint density at radius 1 is 1.46 bits per heavy atom. The summed E-state index contributed by atoms with van der Waals surface area (Å²) in [7, 11) is 0. The third kappa shape index (κ3) is 2.76. The number of halogens is 1. The lowest BCUT2D eigenvalue weighted by molar-refractivity contribution is -0.136. The summed E-state index contributed by atoms with van der Waals surface area (Å²) in [6.07, 6.45) is 6.09.